The van der Waals surface area contributed by atoms with E-state index in [9.17, 15) is 9.59 Å². The zero-order valence-corrected chi connectivity index (χ0v) is 13.4. The van der Waals surface area contributed by atoms with Crippen LogP contribution in [0.3, 0.4) is 0 Å². The van der Waals surface area contributed by atoms with Crippen molar-refractivity contribution in [2.45, 2.75) is 19.9 Å². The Hall–Kier alpha value is -2.54. The summed E-state index contributed by atoms with van der Waals surface area (Å²) in [7, 11) is 0. The van der Waals surface area contributed by atoms with Gasteiger partial charge in [0.1, 0.15) is 6.54 Å². The maximum Gasteiger partial charge on any atom is 0.327 e. The second-order valence-electron chi connectivity index (χ2n) is 4.97. The maximum absolute atomic E-state index is 12.4. The molecule has 0 saturated heterocycles. The third kappa shape index (κ3) is 3.29. The van der Waals surface area contributed by atoms with Crippen molar-refractivity contribution >= 4 is 27.5 Å². The molecular weight excluding hydrogens is 314 g/mol. The number of thiophene rings is 1. The minimum Gasteiger partial charge on any atom is -0.464 e. The van der Waals surface area contributed by atoms with Gasteiger partial charge in [-0.3, -0.25) is 9.59 Å². The summed E-state index contributed by atoms with van der Waals surface area (Å²) in [6.07, 6.45) is 0.732. The number of ether oxygens (including phenoxy) is 1. The molecule has 0 saturated carbocycles. The standard InChI is InChI=1S/C16H15N3O3S/c1-2-8-22-14(20)10-19-16(21)12-9-13(23-15(12)17-18-19)11-6-4-3-5-7-11/h3-7,9H,2,8,10H2,1H3. The maximum atomic E-state index is 12.4. The molecule has 2 heterocycles. The lowest BCUT2D eigenvalue weighted by Crippen LogP contribution is -2.28. The third-order valence-electron chi connectivity index (χ3n) is 3.23. The molecule has 7 heteroatoms. The van der Waals surface area contributed by atoms with Gasteiger partial charge in [-0.25, -0.2) is 0 Å². The summed E-state index contributed by atoms with van der Waals surface area (Å²) in [4.78, 5) is 25.6. The van der Waals surface area contributed by atoms with E-state index < -0.39 is 5.97 Å². The van der Waals surface area contributed by atoms with Crippen LogP contribution in [0, 0.1) is 0 Å². The number of aromatic nitrogens is 3. The van der Waals surface area contributed by atoms with Crippen molar-refractivity contribution < 1.29 is 9.53 Å². The zero-order chi connectivity index (χ0) is 16.2. The Bertz CT molecular complexity index is 886. The van der Waals surface area contributed by atoms with Crippen LogP contribution < -0.4 is 5.56 Å². The van der Waals surface area contributed by atoms with Gasteiger partial charge in [-0.15, -0.1) is 16.4 Å². The fourth-order valence-corrected chi connectivity index (χ4v) is 3.09. The number of fused-ring (bicyclic) bond motifs is 1. The number of benzene rings is 1. The van der Waals surface area contributed by atoms with Gasteiger partial charge in [0.2, 0.25) is 0 Å². The summed E-state index contributed by atoms with van der Waals surface area (Å²) in [5.74, 6) is -0.485. The topological polar surface area (TPSA) is 74.1 Å². The summed E-state index contributed by atoms with van der Waals surface area (Å²) in [5.41, 5.74) is 0.686. The molecule has 0 amide bonds. The van der Waals surface area contributed by atoms with Gasteiger partial charge in [-0.2, -0.15) is 4.68 Å². The molecule has 0 aliphatic carbocycles. The minimum absolute atomic E-state index is 0.224. The Balaban J connectivity index is 1.93. The van der Waals surface area contributed by atoms with Crippen LogP contribution in [0.4, 0.5) is 0 Å². The van der Waals surface area contributed by atoms with Gasteiger partial charge in [0.25, 0.3) is 5.56 Å². The van der Waals surface area contributed by atoms with Crippen molar-refractivity contribution in [3.63, 3.8) is 0 Å². The van der Waals surface area contributed by atoms with E-state index in [-0.39, 0.29) is 12.1 Å². The van der Waals surface area contributed by atoms with E-state index >= 15 is 0 Å². The van der Waals surface area contributed by atoms with Crippen LogP contribution in [0.2, 0.25) is 0 Å². The second kappa shape index (κ2) is 6.70. The molecule has 0 atom stereocenters. The first-order valence-electron chi connectivity index (χ1n) is 7.27. The molecule has 0 fully saturated rings. The molecule has 6 nitrogen and oxygen atoms in total. The molecule has 3 rings (SSSR count). The van der Waals surface area contributed by atoms with Crippen molar-refractivity contribution in [1.82, 2.24) is 15.0 Å². The molecule has 0 unspecified atom stereocenters. The van der Waals surface area contributed by atoms with Gasteiger partial charge >= 0.3 is 5.97 Å². The van der Waals surface area contributed by atoms with Gasteiger partial charge in [0, 0.05) is 4.88 Å². The smallest absolute Gasteiger partial charge is 0.327 e. The van der Waals surface area contributed by atoms with Crippen molar-refractivity contribution in [3.05, 3.63) is 46.8 Å². The van der Waals surface area contributed by atoms with Crippen molar-refractivity contribution in [2.75, 3.05) is 6.61 Å². The molecule has 0 spiro atoms. The van der Waals surface area contributed by atoms with E-state index in [1.165, 1.54) is 11.3 Å². The molecule has 0 bridgehead atoms. The predicted octanol–water partition coefficient (Wildman–Crippen LogP) is 2.47. The fourth-order valence-electron chi connectivity index (χ4n) is 2.12. The average Bonchev–Trinajstić information content (AvgIpc) is 3.01. The largest absolute Gasteiger partial charge is 0.464 e. The SMILES string of the molecule is CCCOC(=O)Cn1nnc2sc(-c3ccccc3)cc2c1=O. The Morgan fingerprint density at radius 2 is 2.09 bits per heavy atom. The lowest BCUT2D eigenvalue weighted by atomic mass is 10.2. The molecule has 0 N–H and O–H groups in total. The molecule has 0 aliphatic rings. The molecule has 0 aliphatic heterocycles. The summed E-state index contributed by atoms with van der Waals surface area (Å²) in [6.45, 7) is 2.01. The lowest BCUT2D eigenvalue weighted by molar-refractivity contribution is -0.144. The molecule has 23 heavy (non-hydrogen) atoms. The van der Waals surface area contributed by atoms with Crippen LogP contribution in [-0.4, -0.2) is 27.6 Å². The van der Waals surface area contributed by atoms with Crippen LogP contribution in [0.25, 0.3) is 20.7 Å². The minimum atomic E-state index is -0.485. The summed E-state index contributed by atoms with van der Waals surface area (Å²) >= 11 is 1.40. The van der Waals surface area contributed by atoms with Crippen molar-refractivity contribution in [2.24, 2.45) is 0 Å². The Labute approximate surface area is 136 Å². The highest BCUT2D eigenvalue weighted by atomic mass is 32.1. The Kier molecular flexibility index (Phi) is 4.47. The highest BCUT2D eigenvalue weighted by molar-refractivity contribution is 7.21. The van der Waals surface area contributed by atoms with Crippen molar-refractivity contribution in [3.8, 4) is 10.4 Å². The third-order valence-corrected chi connectivity index (χ3v) is 4.29. The number of carbonyl (C=O) groups excluding carboxylic acids is 1. The van der Waals surface area contributed by atoms with Crippen LogP contribution in [0.5, 0.6) is 0 Å². The highest BCUT2D eigenvalue weighted by Gasteiger charge is 2.13. The van der Waals surface area contributed by atoms with Gasteiger partial charge < -0.3 is 4.74 Å². The van der Waals surface area contributed by atoms with Gasteiger partial charge in [0.05, 0.1) is 12.0 Å². The van der Waals surface area contributed by atoms with Gasteiger partial charge in [-0.05, 0) is 18.1 Å². The molecule has 0 radical (unpaired) electrons. The van der Waals surface area contributed by atoms with Crippen LogP contribution in [0.1, 0.15) is 13.3 Å². The highest BCUT2D eigenvalue weighted by Crippen LogP contribution is 2.30. The summed E-state index contributed by atoms with van der Waals surface area (Å²) < 4.78 is 6.02. The van der Waals surface area contributed by atoms with Crippen LogP contribution in [-0.2, 0) is 16.1 Å². The number of nitrogens with zero attached hydrogens (tertiary/aromatic N) is 3. The first kappa shape index (κ1) is 15.4. The zero-order valence-electron chi connectivity index (χ0n) is 12.6. The fraction of sp³-hybridized carbons (Fsp3) is 0.250. The Morgan fingerprint density at radius 1 is 1.30 bits per heavy atom. The number of esters is 1. The number of hydrogen-bond donors (Lipinski definition) is 0. The van der Waals surface area contributed by atoms with Gasteiger partial charge in [0.15, 0.2) is 4.83 Å². The van der Waals surface area contributed by atoms with E-state index in [4.69, 9.17) is 4.74 Å². The van der Waals surface area contributed by atoms with E-state index in [0.717, 1.165) is 21.5 Å². The molecular formula is C16H15N3O3S. The summed E-state index contributed by atoms with van der Waals surface area (Å²) in [5, 5.41) is 8.34. The number of rotatable bonds is 5. The predicted molar refractivity (Wildman–Crippen MR) is 88.4 cm³/mol. The molecule has 118 valence electrons. The van der Waals surface area contributed by atoms with Crippen LogP contribution >= 0.6 is 11.3 Å². The van der Waals surface area contributed by atoms with E-state index in [0.29, 0.717) is 16.8 Å². The van der Waals surface area contributed by atoms with E-state index in [1.54, 1.807) is 6.07 Å². The lowest BCUT2D eigenvalue weighted by Gasteiger charge is -2.03. The van der Waals surface area contributed by atoms with Crippen molar-refractivity contribution in [1.29, 1.82) is 0 Å². The monoisotopic (exact) mass is 329 g/mol. The quantitative estimate of drug-likeness (QED) is 0.672. The normalized spacial score (nSPS) is 10.8. The molecule has 2 aromatic heterocycles. The Morgan fingerprint density at radius 3 is 2.83 bits per heavy atom. The van der Waals surface area contributed by atoms with E-state index in [1.807, 2.05) is 37.3 Å². The molecule has 3 aromatic rings. The number of hydrogen-bond acceptors (Lipinski definition) is 6. The molecule has 1 aromatic carbocycles. The number of carbonyl (C=O) groups is 1. The second-order valence-corrected chi connectivity index (χ2v) is 6.00. The van der Waals surface area contributed by atoms with E-state index in [2.05, 4.69) is 10.3 Å². The summed E-state index contributed by atoms with van der Waals surface area (Å²) in [6, 6.07) is 11.5. The van der Waals surface area contributed by atoms with Crippen LogP contribution in [0.15, 0.2) is 41.2 Å². The average molecular weight is 329 g/mol. The first-order chi connectivity index (χ1) is 11.2. The van der Waals surface area contributed by atoms with Gasteiger partial charge in [-0.1, -0.05) is 42.5 Å². The first-order valence-corrected chi connectivity index (χ1v) is 8.09.